The van der Waals surface area contributed by atoms with Crippen molar-refractivity contribution in [2.24, 2.45) is 4.99 Å². The number of nitrogens with one attached hydrogen (secondary N) is 2. The maximum atomic E-state index is 13.6. The highest BCUT2D eigenvalue weighted by Crippen LogP contribution is 2.25. The van der Waals surface area contributed by atoms with Crippen LogP contribution in [0.4, 0.5) is 10.1 Å². The molecular weight excluding hydrogens is 433 g/mol. The molecule has 8 nitrogen and oxygen atoms in total. The molecule has 0 atom stereocenters. The highest BCUT2D eigenvalue weighted by molar-refractivity contribution is 7.90. The topological polar surface area (TPSA) is 116 Å². The molecule has 2 aromatic carbocycles. The molecule has 0 amide bonds. The van der Waals surface area contributed by atoms with E-state index in [4.69, 9.17) is 10.00 Å². The van der Waals surface area contributed by atoms with E-state index in [-0.39, 0.29) is 23.0 Å². The molecule has 0 saturated heterocycles. The summed E-state index contributed by atoms with van der Waals surface area (Å²) in [7, 11) is -2.32. The molecule has 0 saturated carbocycles. The van der Waals surface area contributed by atoms with Crippen LogP contribution in [-0.2, 0) is 22.1 Å². The molecule has 0 radical (unpaired) electrons. The summed E-state index contributed by atoms with van der Waals surface area (Å²) in [4.78, 5) is 8.33. The number of aromatic nitrogens is 1. The number of hydrogen-bond donors (Lipinski definition) is 2. The molecule has 0 aliphatic carbocycles. The van der Waals surface area contributed by atoms with Crippen molar-refractivity contribution in [3.8, 4) is 11.9 Å². The van der Waals surface area contributed by atoms with E-state index in [1.165, 1.54) is 31.4 Å². The Hall–Kier alpha value is -3.97. The van der Waals surface area contributed by atoms with Crippen molar-refractivity contribution in [1.82, 2.24) is 10.3 Å². The molecule has 1 heterocycles. The van der Waals surface area contributed by atoms with Crippen LogP contribution >= 0.6 is 0 Å². The number of methoxy groups -OCH3 is 1. The smallest absolute Gasteiger partial charge is 0.209 e. The van der Waals surface area contributed by atoms with E-state index in [0.29, 0.717) is 11.4 Å². The number of pyridine rings is 1. The first-order valence-electron chi connectivity index (χ1n) is 9.42. The van der Waals surface area contributed by atoms with Crippen molar-refractivity contribution in [2.45, 2.75) is 17.2 Å². The fourth-order valence-electron chi connectivity index (χ4n) is 2.86. The third-order valence-corrected chi connectivity index (χ3v) is 6.09. The van der Waals surface area contributed by atoms with Crippen LogP contribution in [0.5, 0.6) is 5.75 Å². The lowest BCUT2D eigenvalue weighted by Crippen LogP contribution is -2.26. The predicted octanol–water partition coefficient (Wildman–Crippen LogP) is 3.24. The second kappa shape index (κ2) is 10.4. The molecule has 0 fully saturated rings. The molecule has 10 heteroatoms. The minimum absolute atomic E-state index is 0.0989. The van der Waals surface area contributed by atoms with Crippen LogP contribution in [0.25, 0.3) is 0 Å². The Morgan fingerprint density at radius 3 is 2.53 bits per heavy atom. The molecule has 3 rings (SSSR count). The van der Waals surface area contributed by atoms with Crippen molar-refractivity contribution in [3.63, 3.8) is 0 Å². The van der Waals surface area contributed by atoms with Gasteiger partial charge in [0, 0.05) is 23.6 Å². The van der Waals surface area contributed by atoms with Crippen molar-refractivity contribution >= 4 is 21.5 Å². The largest absolute Gasteiger partial charge is 0.496 e. The number of anilines is 1. The van der Waals surface area contributed by atoms with Gasteiger partial charge in [-0.05, 0) is 48.0 Å². The predicted molar refractivity (Wildman–Crippen MR) is 118 cm³/mol. The summed E-state index contributed by atoms with van der Waals surface area (Å²) in [6, 6.07) is 13.4. The summed E-state index contributed by atoms with van der Waals surface area (Å²) in [5, 5.41) is 14.4. The zero-order chi connectivity index (χ0) is 23.0. The maximum Gasteiger partial charge on any atom is 0.209 e. The number of sulfone groups is 1. The second-order valence-electron chi connectivity index (χ2n) is 6.62. The summed E-state index contributed by atoms with van der Waals surface area (Å²) in [6.45, 7) is 0.208. The first kappa shape index (κ1) is 22.7. The monoisotopic (exact) mass is 453 g/mol. The summed E-state index contributed by atoms with van der Waals surface area (Å²) >= 11 is 0. The molecule has 0 aliphatic heterocycles. The lowest BCUT2D eigenvalue weighted by atomic mass is 10.2. The number of guanidine groups is 1. The zero-order valence-electron chi connectivity index (χ0n) is 17.1. The summed E-state index contributed by atoms with van der Waals surface area (Å²) in [5.74, 6) is -0.377. The molecule has 3 aromatic rings. The average molecular weight is 453 g/mol. The summed E-state index contributed by atoms with van der Waals surface area (Å²) in [6.07, 6.45) is 5.02. The van der Waals surface area contributed by atoms with Gasteiger partial charge in [0.1, 0.15) is 11.6 Å². The second-order valence-corrected chi connectivity index (χ2v) is 8.61. The number of nitrogens with zero attached hydrogens (tertiary/aromatic N) is 3. The van der Waals surface area contributed by atoms with Crippen LogP contribution in [0.15, 0.2) is 76.9 Å². The number of hydrogen-bond acceptors (Lipinski definition) is 6. The van der Waals surface area contributed by atoms with Gasteiger partial charge in [0.15, 0.2) is 16.0 Å². The van der Waals surface area contributed by atoms with E-state index in [9.17, 15) is 12.8 Å². The highest BCUT2D eigenvalue weighted by Gasteiger charge is 2.18. The van der Waals surface area contributed by atoms with E-state index in [1.54, 1.807) is 36.7 Å². The quantitative estimate of drug-likeness (QED) is 0.244. The Balaban J connectivity index is 1.73. The van der Waals surface area contributed by atoms with Gasteiger partial charge in [0.05, 0.1) is 24.3 Å². The molecule has 0 bridgehead atoms. The Kier molecular flexibility index (Phi) is 7.36. The summed E-state index contributed by atoms with van der Waals surface area (Å²) < 4.78 is 44.3. The molecule has 2 N–H and O–H groups in total. The van der Waals surface area contributed by atoms with Crippen LogP contribution < -0.4 is 15.4 Å². The zero-order valence-corrected chi connectivity index (χ0v) is 17.9. The maximum absolute atomic E-state index is 13.6. The number of ether oxygens (including phenoxy) is 1. The lowest BCUT2D eigenvalue weighted by molar-refractivity contribution is 0.409. The molecule has 32 heavy (non-hydrogen) atoms. The SMILES string of the molecule is COc1ccc(F)cc1CS(=O)(=O)c1ccc(CN=C(NC#N)Nc2ccncc2)cc1. The van der Waals surface area contributed by atoms with Crippen LogP contribution in [0, 0.1) is 17.3 Å². The van der Waals surface area contributed by atoms with E-state index in [1.807, 2.05) is 6.19 Å². The number of aliphatic imine (C=N–C) groups is 1. The Morgan fingerprint density at radius 2 is 1.88 bits per heavy atom. The van der Waals surface area contributed by atoms with E-state index < -0.39 is 21.4 Å². The third kappa shape index (κ3) is 6.02. The minimum atomic E-state index is -3.72. The van der Waals surface area contributed by atoms with E-state index >= 15 is 0 Å². The molecular formula is C22H20FN5O3S. The van der Waals surface area contributed by atoms with Gasteiger partial charge in [-0.1, -0.05) is 12.1 Å². The number of halogens is 1. The van der Waals surface area contributed by atoms with Crippen molar-refractivity contribution in [3.05, 3.63) is 83.9 Å². The average Bonchev–Trinajstić information content (AvgIpc) is 2.78. The van der Waals surface area contributed by atoms with Crippen molar-refractivity contribution < 1.29 is 17.5 Å². The Morgan fingerprint density at radius 1 is 1.16 bits per heavy atom. The van der Waals surface area contributed by atoms with Gasteiger partial charge in [0.2, 0.25) is 5.96 Å². The molecule has 0 aliphatic rings. The molecule has 1 aromatic heterocycles. The van der Waals surface area contributed by atoms with Crippen LogP contribution in [-0.4, -0.2) is 26.5 Å². The number of rotatable bonds is 7. The minimum Gasteiger partial charge on any atom is -0.496 e. The summed E-state index contributed by atoms with van der Waals surface area (Å²) in [5.41, 5.74) is 1.69. The van der Waals surface area contributed by atoms with E-state index in [0.717, 1.165) is 11.6 Å². The van der Waals surface area contributed by atoms with Gasteiger partial charge in [-0.2, -0.15) is 5.26 Å². The normalized spacial score (nSPS) is 11.5. The lowest BCUT2D eigenvalue weighted by Gasteiger charge is -2.10. The van der Waals surface area contributed by atoms with Gasteiger partial charge in [-0.15, -0.1) is 0 Å². The molecule has 0 unspecified atom stereocenters. The number of nitriles is 1. The van der Waals surface area contributed by atoms with Crippen molar-refractivity contribution in [1.29, 1.82) is 5.26 Å². The van der Waals surface area contributed by atoms with Gasteiger partial charge in [-0.25, -0.2) is 17.8 Å². The van der Waals surface area contributed by atoms with Gasteiger partial charge < -0.3 is 10.1 Å². The van der Waals surface area contributed by atoms with Crippen LogP contribution in [0.1, 0.15) is 11.1 Å². The van der Waals surface area contributed by atoms with Gasteiger partial charge in [0.25, 0.3) is 0 Å². The molecule has 0 spiro atoms. The standard InChI is InChI=1S/C22H20FN5O3S/c1-31-21-7-4-18(23)12-17(21)14-32(29,30)20-5-2-16(3-6-20)13-26-22(27-15-24)28-19-8-10-25-11-9-19/h2-12H,13-14H2,1H3,(H2,25,26,27,28). The number of benzene rings is 2. The highest BCUT2D eigenvalue weighted by atomic mass is 32.2. The Bertz CT molecular complexity index is 1240. The molecule has 164 valence electrons. The van der Waals surface area contributed by atoms with Crippen molar-refractivity contribution in [2.75, 3.05) is 12.4 Å². The fraction of sp³-hybridized carbons (Fsp3) is 0.136. The van der Waals surface area contributed by atoms with Crippen LogP contribution in [0.3, 0.4) is 0 Å². The van der Waals surface area contributed by atoms with Gasteiger partial charge in [-0.3, -0.25) is 10.3 Å². The first-order chi connectivity index (χ1) is 15.4. The fourth-order valence-corrected chi connectivity index (χ4v) is 4.21. The third-order valence-electron chi connectivity index (χ3n) is 4.41. The van der Waals surface area contributed by atoms with Gasteiger partial charge >= 0.3 is 0 Å². The van der Waals surface area contributed by atoms with Crippen LogP contribution in [0.2, 0.25) is 0 Å². The first-order valence-corrected chi connectivity index (χ1v) is 11.1. The van der Waals surface area contributed by atoms with E-state index in [2.05, 4.69) is 20.6 Å². The Labute approximate surface area is 185 Å².